The molecule has 0 unspecified atom stereocenters. The van der Waals surface area contributed by atoms with Crippen molar-refractivity contribution in [3.63, 3.8) is 0 Å². The van der Waals surface area contributed by atoms with E-state index in [1.807, 2.05) is 6.92 Å². The van der Waals surface area contributed by atoms with Crippen molar-refractivity contribution in [2.75, 3.05) is 11.9 Å². The Labute approximate surface area is 154 Å². The molecular formula is C18H14ClN3O4. The Morgan fingerprint density at radius 3 is 2.81 bits per heavy atom. The van der Waals surface area contributed by atoms with Crippen LogP contribution in [0.4, 0.5) is 11.4 Å². The van der Waals surface area contributed by atoms with Crippen LogP contribution in [-0.2, 0) is 4.79 Å². The smallest absolute Gasteiger partial charge is 0.270 e. The quantitative estimate of drug-likeness (QED) is 0.354. The Balaban J connectivity index is 2.28. The summed E-state index contributed by atoms with van der Waals surface area (Å²) in [5, 5.41) is 22.9. The number of carbonyl (C=O) groups is 1. The average Bonchev–Trinajstić information content (AvgIpc) is 2.61. The molecule has 0 aliphatic heterocycles. The lowest BCUT2D eigenvalue weighted by molar-refractivity contribution is -0.384. The summed E-state index contributed by atoms with van der Waals surface area (Å²) < 4.78 is 5.35. The number of nitrogens with zero attached hydrogens (tertiary/aromatic N) is 2. The summed E-state index contributed by atoms with van der Waals surface area (Å²) >= 11 is 6.00. The molecule has 7 nitrogen and oxygen atoms in total. The molecule has 0 radical (unpaired) electrons. The van der Waals surface area contributed by atoms with Crippen molar-refractivity contribution in [3.8, 4) is 11.8 Å². The van der Waals surface area contributed by atoms with E-state index < -0.39 is 10.8 Å². The number of benzene rings is 2. The van der Waals surface area contributed by atoms with Gasteiger partial charge in [0.05, 0.1) is 11.5 Å². The topological polar surface area (TPSA) is 105 Å². The molecule has 2 aromatic carbocycles. The summed E-state index contributed by atoms with van der Waals surface area (Å²) in [4.78, 5) is 22.6. The number of amides is 1. The Morgan fingerprint density at radius 1 is 1.38 bits per heavy atom. The fourth-order valence-electron chi connectivity index (χ4n) is 2.09. The molecule has 0 saturated carbocycles. The second kappa shape index (κ2) is 8.65. The van der Waals surface area contributed by atoms with Gasteiger partial charge in [0.15, 0.2) is 0 Å². The maximum Gasteiger partial charge on any atom is 0.270 e. The third kappa shape index (κ3) is 4.82. The highest BCUT2D eigenvalue weighted by Gasteiger charge is 2.13. The van der Waals surface area contributed by atoms with Crippen LogP contribution in [0.3, 0.4) is 0 Å². The zero-order chi connectivity index (χ0) is 19.1. The van der Waals surface area contributed by atoms with Gasteiger partial charge in [-0.2, -0.15) is 5.26 Å². The van der Waals surface area contributed by atoms with Gasteiger partial charge in [0, 0.05) is 34.5 Å². The minimum atomic E-state index is -0.663. The molecule has 2 rings (SSSR count). The predicted molar refractivity (Wildman–Crippen MR) is 97.9 cm³/mol. The Morgan fingerprint density at radius 2 is 2.15 bits per heavy atom. The van der Waals surface area contributed by atoms with Gasteiger partial charge in [-0.05, 0) is 31.2 Å². The van der Waals surface area contributed by atoms with Gasteiger partial charge in [0.1, 0.15) is 17.4 Å². The van der Waals surface area contributed by atoms with Gasteiger partial charge >= 0.3 is 0 Å². The summed E-state index contributed by atoms with van der Waals surface area (Å²) in [7, 11) is 0. The number of halogens is 1. The first kappa shape index (κ1) is 19.0. The molecule has 0 fully saturated rings. The minimum Gasteiger partial charge on any atom is -0.494 e. The van der Waals surface area contributed by atoms with E-state index in [2.05, 4.69) is 5.32 Å². The number of rotatable bonds is 6. The van der Waals surface area contributed by atoms with Crippen molar-refractivity contribution in [2.45, 2.75) is 6.92 Å². The lowest BCUT2D eigenvalue weighted by Gasteiger charge is -2.07. The molecule has 0 aromatic heterocycles. The largest absolute Gasteiger partial charge is 0.494 e. The first-order chi connectivity index (χ1) is 12.4. The number of hydrogen-bond donors (Lipinski definition) is 1. The van der Waals surface area contributed by atoms with Crippen molar-refractivity contribution in [2.24, 2.45) is 0 Å². The highest BCUT2D eigenvalue weighted by atomic mass is 35.5. The predicted octanol–water partition coefficient (Wildman–Crippen LogP) is 4.19. The number of hydrogen-bond acceptors (Lipinski definition) is 5. The third-order valence-corrected chi connectivity index (χ3v) is 3.60. The van der Waals surface area contributed by atoms with Crippen LogP contribution >= 0.6 is 11.6 Å². The number of nitro groups is 1. The molecule has 0 aliphatic rings. The molecule has 8 heteroatoms. The number of non-ortho nitro benzene ring substituents is 1. The molecule has 2 aromatic rings. The van der Waals surface area contributed by atoms with Gasteiger partial charge in [-0.15, -0.1) is 0 Å². The van der Waals surface area contributed by atoms with Gasteiger partial charge in [-0.3, -0.25) is 14.9 Å². The Hall–Kier alpha value is -3.37. The summed E-state index contributed by atoms with van der Waals surface area (Å²) in [5.74, 6) is -0.0850. The summed E-state index contributed by atoms with van der Waals surface area (Å²) in [6.45, 7) is 2.32. The third-order valence-electron chi connectivity index (χ3n) is 3.26. The number of anilines is 1. The maximum absolute atomic E-state index is 12.3. The van der Waals surface area contributed by atoms with E-state index in [0.717, 1.165) is 0 Å². The van der Waals surface area contributed by atoms with Crippen molar-refractivity contribution in [1.29, 1.82) is 5.26 Å². The van der Waals surface area contributed by atoms with Crippen LogP contribution in [0.2, 0.25) is 5.02 Å². The van der Waals surface area contributed by atoms with Crippen molar-refractivity contribution < 1.29 is 14.5 Å². The molecule has 0 bridgehead atoms. The van der Waals surface area contributed by atoms with Crippen molar-refractivity contribution in [1.82, 2.24) is 0 Å². The fraction of sp³-hybridized carbons (Fsp3) is 0.111. The second-order valence-electron chi connectivity index (χ2n) is 5.05. The normalized spacial score (nSPS) is 10.7. The van der Waals surface area contributed by atoms with E-state index in [0.29, 0.717) is 18.0 Å². The molecule has 0 heterocycles. The van der Waals surface area contributed by atoms with Crippen LogP contribution in [0.15, 0.2) is 48.0 Å². The van der Waals surface area contributed by atoms with Gasteiger partial charge in [0.2, 0.25) is 0 Å². The van der Waals surface area contributed by atoms with E-state index >= 15 is 0 Å². The summed E-state index contributed by atoms with van der Waals surface area (Å²) in [6.07, 6.45) is 1.21. The first-order valence-electron chi connectivity index (χ1n) is 7.54. The zero-order valence-electron chi connectivity index (χ0n) is 13.7. The standard InChI is InChI=1S/C18H14ClN3O4/c1-2-26-16-5-3-4-14(10-16)21-18(23)13(11-20)8-12-9-15(22(24)25)6-7-17(12)19/h3-10H,2H2,1H3,(H,21,23)/b13-8+. The van der Waals surface area contributed by atoms with E-state index in [1.54, 1.807) is 30.3 Å². The first-order valence-corrected chi connectivity index (χ1v) is 7.92. The number of nitro benzene ring substituents is 1. The van der Waals surface area contributed by atoms with Crippen LogP contribution in [0.1, 0.15) is 12.5 Å². The molecular weight excluding hydrogens is 358 g/mol. The van der Waals surface area contributed by atoms with E-state index in [-0.39, 0.29) is 21.8 Å². The molecule has 1 N–H and O–H groups in total. The van der Waals surface area contributed by atoms with Crippen LogP contribution in [0, 0.1) is 21.4 Å². The molecule has 0 aliphatic carbocycles. The van der Waals surface area contributed by atoms with E-state index in [9.17, 15) is 20.2 Å². The highest BCUT2D eigenvalue weighted by molar-refractivity contribution is 6.32. The Kier molecular flexibility index (Phi) is 6.31. The van der Waals surface area contributed by atoms with Gasteiger partial charge in [-0.1, -0.05) is 17.7 Å². The molecule has 0 atom stereocenters. The SMILES string of the molecule is CCOc1cccc(NC(=O)/C(C#N)=C/c2cc([N+](=O)[O-])ccc2Cl)c1. The zero-order valence-corrected chi connectivity index (χ0v) is 14.5. The van der Waals surface area contributed by atoms with E-state index in [4.69, 9.17) is 16.3 Å². The summed E-state index contributed by atoms with van der Waals surface area (Å²) in [5.41, 5.74) is 0.222. The molecule has 1 amide bonds. The minimum absolute atomic E-state index is 0.189. The maximum atomic E-state index is 12.3. The van der Waals surface area contributed by atoms with Gasteiger partial charge in [-0.25, -0.2) is 0 Å². The van der Waals surface area contributed by atoms with Crippen LogP contribution in [0.5, 0.6) is 5.75 Å². The van der Waals surface area contributed by atoms with Crippen LogP contribution in [-0.4, -0.2) is 17.4 Å². The highest BCUT2D eigenvalue weighted by Crippen LogP contribution is 2.25. The molecule has 26 heavy (non-hydrogen) atoms. The van der Waals surface area contributed by atoms with Crippen LogP contribution < -0.4 is 10.1 Å². The van der Waals surface area contributed by atoms with Crippen molar-refractivity contribution >= 4 is 35.0 Å². The number of ether oxygens (including phenoxy) is 1. The van der Waals surface area contributed by atoms with Crippen molar-refractivity contribution in [3.05, 3.63) is 68.7 Å². The average molecular weight is 372 g/mol. The fourth-order valence-corrected chi connectivity index (χ4v) is 2.26. The number of nitriles is 1. The summed E-state index contributed by atoms with van der Waals surface area (Å²) in [6, 6.07) is 12.3. The monoisotopic (exact) mass is 371 g/mol. The Bertz CT molecular complexity index is 919. The van der Waals surface area contributed by atoms with E-state index in [1.165, 1.54) is 24.3 Å². The molecule has 0 spiro atoms. The lowest BCUT2D eigenvalue weighted by atomic mass is 10.1. The number of carbonyl (C=O) groups excluding carboxylic acids is 1. The lowest BCUT2D eigenvalue weighted by Crippen LogP contribution is -2.13. The van der Waals surface area contributed by atoms with Gasteiger partial charge in [0.25, 0.3) is 11.6 Å². The second-order valence-corrected chi connectivity index (χ2v) is 5.45. The van der Waals surface area contributed by atoms with Crippen LogP contribution in [0.25, 0.3) is 6.08 Å². The molecule has 0 saturated heterocycles. The number of nitrogens with one attached hydrogen (secondary N) is 1. The molecule has 132 valence electrons. The van der Waals surface area contributed by atoms with Gasteiger partial charge < -0.3 is 10.1 Å².